The van der Waals surface area contributed by atoms with Crippen molar-refractivity contribution in [3.8, 4) is 0 Å². The first-order valence-electron chi connectivity index (χ1n) is 3.72. The zero-order valence-corrected chi connectivity index (χ0v) is 8.23. The molecule has 0 fully saturated rings. The molecule has 0 rings (SSSR count). The van der Waals surface area contributed by atoms with Gasteiger partial charge >= 0.3 is 0 Å². The van der Waals surface area contributed by atoms with E-state index in [2.05, 4.69) is 4.72 Å². The van der Waals surface area contributed by atoms with Crippen LogP contribution >= 0.6 is 0 Å². The van der Waals surface area contributed by atoms with Crippen molar-refractivity contribution in [2.45, 2.75) is 12.2 Å². The first-order valence-corrected chi connectivity index (χ1v) is 5.26. The molecule has 6 heteroatoms. The van der Waals surface area contributed by atoms with Crippen molar-refractivity contribution in [2.24, 2.45) is 5.73 Å². The number of nitrogens with one attached hydrogen (secondary N) is 1. The summed E-state index contributed by atoms with van der Waals surface area (Å²) in [6.45, 7) is 2.36. The maximum absolute atomic E-state index is 11.2. The van der Waals surface area contributed by atoms with Crippen LogP contribution < -0.4 is 10.5 Å². The van der Waals surface area contributed by atoms with E-state index in [1.165, 1.54) is 7.11 Å². The molecule has 0 spiro atoms. The molecule has 0 aliphatic carbocycles. The van der Waals surface area contributed by atoms with Gasteiger partial charge in [-0.05, 0) is 6.92 Å². The predicted octanol–water partition coefficient (Wildman–Crippen LogP) is -1.10. The summed E-state index contributed by atoms with van der Waals surface area (Å²) in [6.07, 6.45) is 0. The van der Waals surface area contributed by atoms with Gasteiger partial charge < -0.3 is 10.5 Å². The molecule has 12 heavy (non-hydrogen) atoms. The van der Waals surface area contributed by atoms with Crippen LogP contribution in [0.2, 0.25) is 0 Å². The minimum atomic E-state index is -3.24. The van der Waals surface area contributed by atoms with Crippen molar-refractivity contribution in [1.82, 2.24) is 4.72 Å². The highest BCUT2D eigenvalue weighted by Gasteiger charge is 2.17. The lowest BCUT2D eigenvalue weighted by Gasteiger charge is -2.10. The summed E-state index contributed by atoms with van der Waals surface area (Å²) in [6, 6.07) is 0. The summed E-state index contributed by atoms with van der Waals surface area (Å²) in [4.78, 5) is 0. The van der Waals surface area contributed by atoms with Crippen molar-refractivity contribution in [1.29, 1.82) is 0 Å². The normalized spacial score (nSPS) is 14.6. The lowest BCUT2D eigenvalue weighted by atomic mass is 10.5. The summed E-state index contributed by atoms with van der Waals surface area (Å²) in [5, 5.41) is -0.547. The van der Waals surface area contributed by atoms with Gasteiger partial charge in [-0.25, -0.2) is 13.1 Å². The Kier molecular flexibility index (Phi) is 5.39. The fourth-order valence-electron chi connectivity index (χ4n) is 0.555. The molecule has 3 N–H and O–H groups in total. The largest absolute Gasteiger partial charge is 0.383 e. The topological polar surface area (TPSA) is 81.4 Å². The number of methoxy groups -OCH3 is 1. The second kappa shape index (κ2) is 5.47. The van der Waals surface area contributed by atoms with E-state index >= 15 is 0 Å². The molecule has 0 radical (unpaired) electrons. The third kappa shape index (κ3) is 4.01. The van der Waals surface area contributed by atoms with Crippen molar-refractivity contribution in [3.63, 3.8) is 0 Å². The summed E-state index contributed by atoms with van der Waals surface area (Å²) in [5.74, 6) is 0. The molecule has 1 atom stereocenters. The van der Waals surface area contributed by atoms with E-state index < -0.39 is 15.3 Å². The molecular weight excluding hydrogens is 180 g/mol. The van der Waals surface area contributed by atoms with Gasteiger partial charge in [-0.1, -0.05) is 0 Å². The predicted molar refractivity (Wildman–Crippen MR) is 47.3 cm³/mol. The van der Waals surface area contributed by atoms with Gasteiger partial charge in [0, 0.05) is 20.2 Å². The fraction of sp³-hybridized carbons (Fsp3) is 1.00. The highest BCUT2D eigenvalue weighted by Crippen LogP contribution is 1.94. The second-order valence-corrected chi connectivity index (χ2v) is 4.66. The number of ether oxygens (including phenoxy) is 1. The quantitative estimate of drug-likeness (QED) is 0.528. The molecule has 0 aromatic rings. The highest BCUT2D eigenvalue weighted by molar-refractivity contribution is 7.90. The zero-order valence-electron chi connectivity index (χ0n) is 7.41. The Balaban J connectivity index is 3.88. The average Bonchev–Trinajstić information content (AvgIpc) is 2.03. The van der Waals surface area contributed by atoms with Gasteiger partial charge in [0.2, 0.25) is 10.0 Å². The summed E-state index contributed by atoms with van der Waals surface area (Å²) in [7, 11) is -1.72. The van der Waals surface area contributed by atoms with Crippen LogP contribution in [0.25, 0.3) is 0 Å². The van der Waals surface area contributed by atoms with Gasteiger partial charge in [-0.2, -0.15) is 0 Å². The molecule has 0 aromatic carbocycles. The van der Waals surface area contributed by atoms with Crippen LogP contribution in [0, 0.1) is 0 Å². The Morgan fingerprint density at radius 1 is 1.58 bits per heavy atom. The first-order chi connectivity index (χ1) is 5.54. The average molecular weight is 196 g/mol. The molecule has 74 valence electrons. The van der Waals surface area contributed by atoms with Gasteiger partial charge in [0.1, 0.15) is 0 Å². The van der Waals surface area contributed by atoms with Gasteiger partial charge in [0.25, 0.3) is 0 Å². The number of hydrogen-bond acceptors (Lipinski definition) is 4. The maximum atomic E-state index is 11.2. The lowest BCUT2D eigenvalue weighted by molar-refractivity contribution is 0.204. The number of nitrogens with two attached hydrogens (primary N) is 1. The lowest BCUT2D eigenvalue weighted by Crippen LogP contribution is -2.38. The molecule has 0 saturated carbocycles. The Labute approximate surface area is 73.3 Å². The number of rotatable bonds is 6. The molecule has 0 saturated heterocycles. The van der Waals surface area contributed by atoms with Gasteiger partial charge in [0.05, 0.1) is 11.9 Å². The van der Waals surface area contributed by atoms with Crippen LogP contribution in [0.4, 0.5) is 0 Å². The standard InChI is InChI=1S/C6H16N2O3S/c1-6(5-7)12(9,10)8-3-4-11-2/h6,8H,3-5,7H2,1-2H3. The zero-order chi connectivity index (χ0) is 9.61. The van der Waals surface area contributed by atoms with Crippen molar-refractivity contribution >= 4 is 10.0 Å². The maximum Gasteiger partial charge on any atom is 0.215 e. The van der Waals surface area contributed by atoms with E-state index in [4.69, 9.17) is 10.5 Å². The van der Waals surface area contributed by atoms with Crippen LogP contribution in [0.1, 0.15) is 6.92 Å². The Hall–Kier alpha value is -0.170. The monoisotopic (exact) mass is 196 g/mol. The van der Waals surface area contributed by atoms with Crippen LogP contribution in [0.3, 0.4) is 0 Å². The third-order valence-electron chi connectivity index (χ3n) is 1.47. The van der Waals surface area contributed by atoms with E-state index in [1.54, 1.807) is 6.92 Å². The van der Waals surface area contributed by atoms with Gasteiger partial charge in [-0.15, -0.1) is 0 Å². The van der Waals surface area contributed by atoms with Gasteiger partial charge in [0.15, 0.2) is 0 Å². The molecule has 5 nitrogen and oxygen atoms in total. The third-order valence-corrected chi connectivity index (χ3v) is 3.33. The molecule has 0 bridgehead atoms. The van der Waals surface area contributed by atoms with Crippen LogP contribution in [0.5, 0.6) is 0 Å². The van der Waals surface area contributed by atoms with E-state index in [0.717, 1.165) is 0 Å². The number of sulfonamides is 1. The summed E-state index contributed by atoms with van der Waals surface area (Å²) >= 11 is 0. The molecular formula is C6H16N2O3S. The molecule has 0 aliphatic rings. The molecule has 0 aromatic heterocycles. The van der Waals surface area contributed by atoms with E-state index in [9.17, 15) is 8.42 Å². The van der Waals surface area contributed by atoms with Crippen molar-refractivity contribution < 1.29 is 13.2 Å². The van der Waals surface area contributed by atoms with Gasteiger partial charge in [-0.3, -0.25) is 0 Å². The van der Waals surface area contributed by atoms with E-state index in [-0.39, 0.29) is 6.54 Å². The minimum Gasteiger partial charge on any atom is -0.383 e. The second-order valence-electron chi connectivity index (χ2n) is 2.48. The highest BCUT2D eigenvalue weighted by atomic mass is 32.2. The Morgan fingerprint density at radius 3 is 2.58 bits per heavy atom. The fourth-order valence-corrected chi connectivity index (χ4v) is 1.46. The molecule has 0 amide bonds. The van der Waals surface area contributed by atoms with Crippen LogP contribution in [0.15, 0.2) is 0 Å². The van der Waals surface area contributed by atoms with E-state index in [1.807, 2.05) is 0 Å². The SMILES string of the molecule is COCCNS(=O)(=O)C(C)CN. The molecule has 0 aliphatic heterocycles. The Bertz CT molecular complexity index is 203. The number of hydrogen-bond donors (Lipinski definition) is 2. The van der Waals surface area contributed by atoms with E-state index in [0.29, 0.717) is 13.2 Å². The van der Waals surface area contributed by atoms with Crippen LogP contribution in [-0.2, 0) is 14.8 Å². The van der Waals surface area contributed by atoms with Crippen molar-refractivity contribution in [3.05, 3.63) is 0 Å². The smallest absolute Gasteiger partial charge is 0.215 e. The van der Waals surface area contributed by atoms with Crippen molar-refractivity contribution in [2.75, 3.05) is 26.8 Å². The summed E-state index contributed by atoms with van der Waals surface area (Å²) in [5.41, 5.74) is 5.21. The van der Waals surface area contributed by atoms with Crippen LogP contribution in [-0.4, -0.2) is 40.5 Å². The minimum absolute atomic E-state index is 0.127. The Morgan fingerprint density at radius 2 is 2.17 bits per heavy atom. The summed E-state index contributed by atoms with van der Waals surface area (Å²) < 4.78 is 29.4. The molecule has 1 unspecified atom stereocenters. The first kappa shape index (κ1) is 11.8. The molecule has 0 heterocycles.